The average molecular weight is 1060 g/mol. The zero-order chi connectivity index (χ0) is 54.1. The summed E-state index contributed by atoms with van der Waals surface area (Å²) in [6.07, 6.45) is -4.62. The molecule has 2 saturated heterocycles. The highest BCUT2D eigenvalue weighted by atomic mass is 35.5. The molecule has 18 nitrogen and oxygen atoms in total. The number of benzene rings is 1. The number of Topliss-reactive ketones (excluding diaryl/α,β-unsaturated/α-hetero) is 1. The van der Waals surface area contributed by atoms with Gasteiger partial charge in [-0.3, -0.25) is 9.59 Å². The third kappa shape index (κ3) is 14.6. The molecule has 3 aliphatic rings. The molecule has 0 bridgehead atoms. The largest absolute Gasteiger partial charge is 0.505 e. The SMILES string of the molecule is CCc1c(Cl)c(O)c(Cl)c(O)c1C(=O)O[C@H]1[C@H](O)[C@H](OC)[C@H](OC/C2=C\C=C\C[C@H](O)/C(C)=C/[C@H](CC)[C@@H](O[C@@H]3OC(C)(C)[C@@H](OC(=O)C(C)C)C(=O)[C@@H]3O)/C(C)=C/C(C)=C/C[C@@H]([C@@H](C)O)OC2=O)O[C@@H]1C. The Hall–Kier alpha value is -4.18. The van der Waals surface area contributed by atoms with Crippen LogP contribution in [0.4, 0.5) is 0 Å². The fourth-order valence-corrected chi connectivity index (χ4v) is 9.00. The Morgan fingerprint density at radius 1 is 0.931 bits per heavy atom. The van der Waals surface area contributed by atoms with Gasteiger partial charge in [-0.1, -0.05) is 86.9 Å². The number of hydrogen-bond donors (Lipinski definition) is 6. The Balaban J connectivity index is 1.61. The van der Waals surface area contributed by atoms with Gasteiger partial charge in [-0.2, -0.15) is 0 Å². The van der Waals surface area contributed by atoms with E-state index in [0.717, 1.165) is 0 Å². The van der Waals surface area contributed by atoms with Crippen molar-refractivity contribution in [3.63, 3.8) is 0 Å². The number of aliphatic hydroxyl groups excluding tert-OH is 4. The van der Waals surface area contributed by atoms with Crippen LogP contribution in [0.1, 0.15) is 111 Å². The summed E-state index contributed by atoms with van der Waals surface area (Å²) in [6, 6.07) is 0. The number of aliphatic hydroxyl groups is 4. The first-order valence-corrected chi connectivity index (χ1v) is 24.8. The Morgan fingerprint density at radius 3 is 2.19 bits per heavy atom. The molecule has 0 aromatic heterocycles. The minimum Gasteiger partial charge on any atom is -0.505 e. The molecule has 3 heterocycles. The van der Waals surface area contributed by atoms with Crippen LogP contribution in [0.25, 0.3) is 0 Å². The van der Waals surface area contributed by atoms with E-state index in [0.29, 0.717) is 23.1 Å². The number of rotatable bonds is 13. The van der Waals surface area contributed by atoms with Crippen molar-refractivity contribution in [3.05, 3.63) is 79.9 Å². The number of phenolic OH excluding ortho intramolecular Hbond substituents is 2. The number of ketones is 1. The Kier molecular flexibility index (Phi) is 22.1. The maximum atomic E-state index is 13.9. The zero-order valence-corrected chi connectivity index (χ0v) is 44.4. The van der Waals surface area contributed by atoms with Crippen molar-refractivity contribution in [1.82, 2.24) is 0 Å². The number of ether oxygens (including phenoxy) is 8. The number of carbonyl (C=O) groups excluding carboxylic acids is 4. The molecular formula is C52H72Cl2O18. The molecule has 0 unspecified atom stereocenters. The standard InChI is InChI=1S/C52H72Cl2O18/c1-13-30-22-26(6)33(56)18-16-15-17-31(23-66-51-45(65-12)42(61)44(29(9)67-51)69-49(64)35-32(14-2)36(53)39(58)37(54)38(35)57)48(63)68-34(28(8)55)20-19-25(5)21-27(7)43(30)70-50-41(60)40(59)46(52(10,11)72-50)71-47(62)24(3)4/h15-17,19,21-22,24,28-30,33-34,41-46,50-51,55-58,60-61H,13-14,18,20,23H2,1-12H3/b16-15+,25-19+,26-22+,27-21+,31-17+/t28-,29-,30+,33+,34+,41+,42+,43+,44-,45+,46+,50-,51-/m1/s1. The molecule has 0 saturated carbocycles. The maximum absolute atomic E-state index is 13.9. The predicted molar refractivity (Wildman–Crippen MR) is 264 cm³/mol. The first-order chi connectivity index (χ1) is 33.7. The summed E-state index contributed by atoms with van der Waals surface area (Å²) in [7, 11) is 1.26. The molecule has 13 atom stereocenters. The molecule has 0 amide bonds. The molecule has 3 aliphatic heterocycles. The van der Waals surface area contributed by atoms with Crippen LogP contribution in [0.2, 0.25) is 10.0 Å². The maximum Gasteiger partial charge on any atom is 0.342 e. The van der Waals surface area contributed by atoms with E-state index in [1.807, 2.05) is 19.1 Å². The highest BCUT2D eigenvalue weighted by molar-refractivity contribution is 6.39. The molecule has 2 fully saturated rings. The molecule has 20 heteroatoms. The van der Waals surface area contributed by atoms with Gasteiger partial charge in [0.1, 0.15) is 34.5 Å². The van der Waals surface area contributed by atoms with Gasteiger partial charge >= 0.3 is 17.9 Å². The van der Waals surface area contributed by atoms with Crippen molar-refractivity contribution in [1.29, 1.82) is 0 Å². The summed E-state index contributed by atoms with van der Waals surface area (Å²) in [5.74, 6) is -5.70. The number of cyclic esters (lactones) is 1. The number of esters is 3. The molecule has 6 N–H and O–H groups in total. The molecule has 72 heavy (non-hydrogen) atoms. The lowest BCUT2D eigenvalue weighted by molar-refractivity contribution is -0.295. The fraction of sp³-hybridized carbons (Fsp3) is 0.615. The van der Waals surface area contributed by atoms with E-state index in [9.17, 15) is 49.8 Å². The van der Waals surface area contributed by atoms with Crippen molar-refractivity contribution in [2.75, 3.05) is 13.7 Å². The lowest BCUT2D eigenvalue weighted by Crippen LogP contribution is -2.62. The van der Waals surface area contributed by atoms with Crippen molar-refractivity contribution >= 4 is 46.9 Å². The summed E-state index contributed by atoms with van der Waals surface area (Å²) in [6.45, 7) is 17.8. The van der Waals surface area contributed by atoms with Crippen LogP contribution in [-0.2, 0) is 58.7 Å². The normalized spacial score (nSPS) is 33.8. The number of hydrogen-bond acceptors (Lipinski definition) is 18. The monoisotopic (exact) mass is 1050 g/mol. The average Bonchev–Trinajstić information content (AvgIpc) is 3.32. The van der Waals surface area contributed by atoms with Crippen molar-refractivity contribution in [2.45, 2.75) is 181 Å². The molecule has 4 rings (SSSR count). The van der Waals surface area contributed by atoms with Crippen LogP contribution in [0, 0.1) is 11.8 Å². The fourth-order valence-electron chi connectivity index (χ4n) is 8.44. The lowest BCUT2D eigenvalue weighted by atomic mass is 9.88. The van der Waals surface area contributed by atoms with E-state index in [4.69, 9.17) is 61.1 Å². The summed E-state index contributed by atoms with van der Waals surface area (Å²) in [5.41, 5.74) is 0.143. The van der Waals surface area contributed by atoms with E-state index in [2.05, 4.69) is 0 Å². The van der Waals surface area contributed by atoms with Gasteiger partial charge in [0.25, 0.3) is 0 Å². The number of aromatic hydroxyl groups is 2. The van der Waals surface area contributed by atoms with E-state index in [-0.39, 0.29) is 35.4 Å². The minimum absolute atomic E-state index is 0.0433. The van der Waals surface area contributed by atoms with Gasteiger partial charge in [0.05, 0.1) is 47.5 Å². The van der Waals surface area contributed by atoms with Crippen LogP contribution in [0.15, 0.2) is 58.7 Å². The van der Waals surface area contributed by atoms with Gasteiger partial charge in [0, 0.05) is 19.4 Å². The molecule has 0 radical (unpaired) electrons. The van der Waals surface area contributed by atoms with Gasteiger partial charge in [0.15, 0.2) is 42.4 Å². The second-order valence-electron chi connectivity index (χ2n) is 19.2. The third-order valence-electron chi connectivity index (χ3n) is 12.8. The Labute approximate surface area is 431 Å². The highest BCUT2D eigenvalue weighted by Gasteiger charge is 2.53. The van der Waals surface area contributed by atoms with Crippen LogP contribution >= 0.6 is 23.2 Å². The number of allylic oxidation sites excluding steroid dienone is 4. The van der Waals surface area contributed by atoms with Gasteiger partial charge in [-0.15, -0.1) is 0 Å². The van der Waals surface area contributed by atoms with Crippen LogP contribution in [0.3, 0.4) is 0 Å². The van der Waals surface area contributed by atoms with Gasteiger partial charge in [-0.05, 0) is 90.5 Å². The van der Waals surface area contributed by atoms with E-state index in [1.54, 1.807) is 67.5 Å². The van der Waals surface area contributed by atoms with Crippen LogP contribution < -0.4 is 0 Å². The van der Waals surface area contributed by atoms with Crippen LogP contribution in [0.5, 0.6) is 11.5 Å². The first kappa shape index (κ1) is 60.4. The lowest BCUT2D eigenvalue weighted by Gasteiger charge is -2.44. The van der Waals surface area contributed by atoms with Crippen LogP contribution in [-0.4, -0.2) is 147 Å². The molecule has 0 spiro atoms. The second kappa shape index (κ2) is 26.3. The van der Waals surface area contributed by atoms with Crippen molar-refractivity contribution in [3.8, 4) is 11.5 Å². The third-order valence-corrected chi connectivity index (χ3v) is 13.6. The minimum atomic E-state index is -1.80. The smallest absolute Gasteiger partial charge is 0.342 e. The zero-order valence-electron chi connectivity index (χ0n) is 42.9. The number of carbonyl (C=O) groups is 4. The predicted octanol–water partition coefficient (Wildman–Crippen LogP) is 6.44. The Morgan fingerprint density at radius 2 is 1.60 bits per heavy atom. The van der Waals surface area contributed by atoms with E-state index < -0.39 is 143 Å². The van der Waals surface area contributed by atoms with Gasteiger partial charge < -0.3 is 68.5 Å². The summed E-state index contributed by atoms with van der Waals surface area (Å²) < 4.78 is 47.3. The summed E-state index contributed by atoms with van der Waals surface area (Å²) >= 11 is 12.3. The molecule has 1 aromatic rings. The van der Waals surface area contributed by atoms with E-state index >= 15 is 0 Å². The summed E-state index contributed by atoms with van der Waals surface area (Å²) in [4.78, 5) is 53.5. The van der Waals surface area contributed by atoms with Gasteiger partial charge in [-0.25, -0.2) is 9.59 Å². The van der Waals surface area contributed by atoms with Crippen molar-refractivity contribution < 1.29 is 87.7 Å². The van der Waals surface area contributed by atoms with Gasteiger partial charge in [0.2, 0.25) is 5.78 Å². The first-order valence-electron chi connectivity index (χ1n) is 24.0. The molecule has 402 valence electrons. The van der Waals surface area contributed by atoms with E-state index in [1.165, 1.54) is 33.1 Å². The number of phenols is 2. The summed E-state index contributed by atoms with van der Waals surface area (Å²) in [5, 5.41) is 65.1. The number of methoxy groups -OCH3 is 1. The molecule has 0 aliphatic carbocycles. The van der Waals surface area contributed by atoms with Crippen molar-refractivity contribution in [2.24, 2.45) is 11.8 Å². The Bertz CT molecular complexity index is 2260. The molecular weight excluding hydrogens is 983 g/mol. The topological polar surface area (TPSA) is 263 Å². The molecule has 1 aromatic carbocycles. The quantitative estimate of drug-likeness (QED) is 0.0705. The highest BCUT2D eigenvalue weighted by Crippen LogP contribution is 2.45. The second-order valence-corrected chi connectivity index (χ2v) is 19.9. The number of halogens is 2.